The maximum Gasteiger partial charge on any atom is 0.168 e. The Hall–Kier alpha value is -2.59. The van der Waals surface area contributed by atoms with Crippen molar-refractivity contribution in [2.75, 3.05) is 12.3 Å². The normalized spacial score (nSPS) is 25.4. The number of nitrogen functional groups attached to an aromatic ring is 1. The predicted octanol–water partition coefficient (Wildman–Crippen LogP) is 0.304. The number of fused-ring (bicyclic) bond motifs is 1. The first-order valence-corrected chi connectivity index (χ1v) is 8.60. The number of anilines is 1. The first-order chi connectivity index (χ1) is 12.9. The number of aromatic nitrogens is 4. The van der Waals surface area contributed by atoms with Crippen LogP contribution >= 0.6 is 0 Å². The van der Waals surface area contributed by atoms with Gasteiger partial charge in [0.2, 0.25) is 0 Å². The third kappa shape index (κ3) is 2.94. The molecule has 0 saturated carbocycles. The number of aliphatic hydroxyl groups is 3. The second-order valence-corrected chi connectivity index (χ2v) is 6.86. The van der Waals surface area contributed by atoms with Gasteiger partial charge in [-0.05, 0) is 26.0 Å². The molecule has 27 heavy (non-hydrogen) atoms. The Balaban J connectivity index is 1.84. The minimum atomic E-state index is -1.24. The van der Waals surface area contributed by atoms with E-state index in [4.69, 9.17) is 10.5 Å². The van der Waals surface area contributed by atoms with Crippen LogP contribution in [0.15, 0.2) is 24.5 Å². The van der Waals surface area contributed by atoms with Crippen LogP contribution in [-0.2, 0) is 4.74 Å². The highest BCUT2D eigenvalue weighted by atomic mass is 16.6. The molecule has 3 aromatic rings. The first-order valence-electron chi connectivity index (χ1n) is 8.60. The summed E-state index contributed by atoms with van der Waals surface area (Å²) in [6.07, 6.45) is -2.85. The standard InChI is InChI=1S/C18H21N5O4/c1-8-3-9(2)5-10(4-8)16-21-15(19)12-17(22-16)23(7-20-12)18-14(26)13(25)11(6-24)27-18/h3-5,7,11,13-14,18,24-26H,6H2,1-2H3,(H2,19,21,22)/t11-,13-,14-,18-/m1/s1. The second kappa shape index (κ2) is 6.54. The Labute approximate surface area is 155 Å². The van der Waals surface area contributed by atoms with Crippen LogP contribution in [0, 0.1) is 13.8 Å². The SMILES string of the molecule is Cc1cc(C)cc(-c2nc(N)c3ncn([C@@H]4O[C@H](CO)[C@@H](O)[C@H]4O)c3n2)c1. The summed E-state index contributed by atoms with van der Waals surface area (Å²) in [5.74, 6) is 0.639. The van der Waals surface area contributed by atoms with Crippen LogP contribution in [0.2, 0.25) is 0 Å². The maximum absolute atomic E-state index is 10.3. The number of imidazole rings is 1. The summed E-state index contributed by atoms with van der Waals surface area (Å²) in [5.41, 5.74) is 9.80. The van der Waals surface area contributed by atoms with E-state index in [-0.39, 0.29) is 5.82 Å². The molecule has 1 aliphatic rings. The number of hydrogen-bond acceptors (Lipinski definition) is 8. The molecule has 4 atom stereocenters. The summed E-state index contributed by atoms with van der Waals surface area (Å²) >= 11 is 0. The van der Waals surface area contributed by atoms with Crippen molar-refractivity contribution in [1.29, 1.82) is 0 Å². The fourth-order valence-electron chi connectivity index (χ4n) is 3.47. The van der Waals surface area contributed by atoms with E-state index in [2.05, 4.69) is 21.0 Å². The molecule has 0 unspecified atom stereocenters. The van der Waals surface area contributed by atoms with Gasteiger partial charge >= 0.3 is 0 Å². The fraction of sp³-hybridized carbons (Fsp3) is 0.389. The topological polar surface area (TPSA) is 140 Å². The Morgan fingerprint density at radius 3 is 2.44 bits per heavy atom. The van der Waals surface area contributed by atoms with Gasteiger partial charge in [-0.15, -0.1) is 0 Å². The molecule has 5 N–H and O–H groups in total. The fourth-order valence-corrected chi connectivity index (χ4v) is 3.47. The van der Waals surface area contributed by atoms with Gasteiger partial charge in [-0.3, -0.25) is 4.57 Å². The molecule has 4 rings (SSSR count). The van der Waals surface area contributed by atoms with Crippen LogP contribution in [0.25, 0.3) is 22.6 Å². The van der Waals surface area contributed by atoms with E-state index in [9.17, 15) is 15.3 Å². The van der Waals surface area contributed by atoms with E-state index in [0.29, 0.717) is 17.0 Å². The van der Waals surface area contributed by atoms with Crippen LogP contribution in [0.3, 0.4) is 0 Å². The molecule has 9 heteroatoms. The van der Waals surface area contributed by atoms with Gasteiger partial charge in [0.15, 0.2) is 23.5 Å². The number of rotatable bonds is 3. The molecule has 0 bridgehead atoms. The maximum atomic E-state index is 10.3. The average Bonchev–Trinajstić information content (AvgIpc) is 3.16. The number of benzene rings is 1. The Morgan fingerprint density at radius 1 is 1.11 bits per heavy atom. The van der Waals surface area contributed by atoms with E-state index < -0.39 is 31.1 Å². The van der Waals surface area contributed by atoms with E-state index in [0.717, 1.165) is 16.7 Å². The molecule has 0 radical (unpaired) electrons. The van der Waals surface area contributed by atoms with Crippen LogP contribution in [0.1, 0.15) is 17.4 Å². The number of ether oxygens (including phenoxy) is 1. The van der Waals surface area contributed by atoms with Gasteiger partial charge in [-0.1, -0.05) is 17.2 Å². The number of nitrogens with zero attached hydrogens (tertiary/aromatic N) is 4. The highest BCUT2D eigenvalue weighted by molar-refractivity contribution is 5.84. The quantitative estimate of drug-likeness (QED) is 0.516. The zero-order valence-electron chi connectivity index (χ0n) is 14.9. The molecule has 2 aromatic heterocycles. The minimum Gasteiger partial charge on any atom is -0.394 e. The van der Waals surface area contributed by atoms with Gasteiger partial charge in [0.05, 0.1) is 12.9 Å². The Kier molecular flexibility index (Phi) is 4.31. The largest absolute Gasteiger partial charge is 0.394 e. The smallest absolute Gasteiger partial charge is 0.168 e. The summed E-state index contributed by atoms with van der Waals surface area (Å²) in [6.45, 7) is 3.57. The lowest BCUT2D eigenvalue weighted by Crippen LogP contribution is -2.33. The van der Waals surface area contributed by atoms with Gasteiger partial charge in [0.1, 0.15) is 23.8 Å². The molecule has 9 nitrogen and oxygen atoms in total. The number of aryl methyl sites for hydroxylation is 2. The van der Waals surface area contributed by atoms with Gasteiger partial charge < -0.3 is 25.8 Å². The van der Waals surface area contributed by atoms with Crippen molar-refractivity contribution in [3.8, 4) is 11.4 Å². The lowest BCUT2D eigenvalue weighted by atomic mass is 10.1. The molecule has 1 saturated heterocycles. The molecular weight excluding hydrogens is 350 g/mol. The van der Waals surface area contributed by atoms with Crippen molar-refractivity contribution in [2.45, 2.75) is 38.4 Å². The lowest BCUT2D eigenvalue weighted by Gasteiger charge is -2.16. The second-order valence-electron chi connectivity index (χ2n) is 6.86. The van der Waals surface area contributed by atoms with E-state index in [1.165, 1.54) is 10.9 Å². The zero-order chi connectivity index (χ0) is 19.3. The van der Waals surface area contributed by atoms with Gasteiger partial charge in [0.25, 0.3) is 0 Å². The van der Waals surface area contributed by atoms with E-state index in [1.54, 1.807) is 0 Å². The molecule has 0 amide bonds. The van der Waals surface area contributed by atoms with E-state index >= 15 is 0 Å². The van der Waals surface area contributed by atoms with Crippen molar-refractivity contribution in [3.05, 3.63) is 35.7 Å². The average molecular weight is 371 g/mol. The molecule has 142 valence electrons. The predicted molar refractivity (Wildman–Crippen MR) is 97.7 cm³/mol. The van der Waals surface area contributed by atoms with Gasteiger partial charge in [-0.2, -0.15) is 0 Å². The third-order valence-electron chi connectivity index (χ3n) is 4.72. The monoisotopic (exact) mass is 371 g/mol. The van der Waals surface area contributed by atoms with Crippen molar-refractivity contribution < 1.29 is 20.1 Å². The summed E-state index contributed by atoms with van der Waals surface area (Å²) in [4.78, 5) is 13.2. The summed E-state index contributed by atoms with van der Waals surface area (Å²) < 4.78 is 7.09. The first kappa shape index (κ1) is 17.8. The third-order valence-corrected chi connectivity index (χ3v) is 4.72. The van der Waals surface area contributed by atoms with E-state index in [1.807, 2.05) is 26.0 Å². The van der Waals surface area contributed by atoms with Crippen LogP contribution < -0.4 is 5.73 Å². The Morgan fingerprint density at radius 2 is 1.81 bits per heavy atom. The zero-order valence-corrected chi connectivity index (χ0v) is 14.9. The molecule has 1 aliphatic heterocycles. The molecule has 0 aliphatic carbocycles. The van der Waals surface area contributed by atoms with Gasteiger partial charge in [-0.25, -0.2) is 15.0 Å². The molecule has 3 heterocycles. The van der Waals surface area contributed by atoms with Crippen molar-refractivity contribution >= 4 is 17.0 Å². The number of hydrogen-bond donors (Lipinski definition) is 4. The highest BCUT2D eigenvalue weighted by Crippen LogP contribution is 2.32. The van der Waals surface area contributed by atoms with Crippen molar-refractivity contribution in [1.82, 2.24) is 19.5 Å². The molecule has 1 fully saturated rings. The lowest BCUT2D eigenvalue weighted by molar-refractivity contribution is -0.0511. The van der Waals surface area contributed by atoms with Gasteiger partial charge in [0, 0.05) is 5.56 Å². The Bertz CT molecular complexity index is 985. The summed E-state index contributed by atoms with van der Waals surface area (Å²) in [6, 6.07) is 5.97. The van der Waals surface area contributed by atoms with Crippen LogP contribution in [0.5, 0.6) is 0 Å². The molecule has 0 spiro atoms. The summed E-state index contributed by atoms with van der Waals surface area (Å²) in [5, 5.41) is 29.6. The number of aliphatic hydroxyl groups excluding tert-OH is 3. The highest BCUT2D eigenvalue weighted by Gasteiger charge is 2.44. The van der Waals surface area contributed by atoms with Crippen LogP contribution in [0.4, 0.5) is 5.82 Å². The van der Waals surface area contributed by atoms with Crippen LogP contribution in [-0.4, -0.2) is 59.8 Å². The molecular formula is C18H21N5O4. The molecule has 1 aromatic carbocycles. The summed E-state index contributed by atoms with van der Waals surface area (Å²) in [7, 11) is 0. The minimum absolute atomic E-state index is 0.208. The number of nitrogens with two attached hydrogens (primary N) is 1. The van der Waals surface area contributed by atoms with Crippen molar-refractivity contribution in [3.63, 3.8) is 0 Å². The van der Waals surface area contributed by atoms with Crippen molar-refractivity contribution in [2.24, 2.45) is 0 Å².